The van der Waals surface area contributed by atoms with Crippen LogP contribution in [0.25, 0.3) is 0 Å². The van der Waals surface area contributed by atoms with Crippen LogP contribution in [0.1, 0.15) is 30.0 Å². The summed E-state index contributed by atoms with van der Waals surface area (Å²) in [5.74, 6) is -0.00816. The van der Waals surface area contributed by atoms with Gasteiger partial charge in [0.2, 0.25) is 11.8 Å². The molecular formula is C21H27N3O2. The monoisotopic (exact) mass is 353 g/mol. The van der Waals surface area contributed by atoms with E-state index in [0.29, 0.717) is 19.5 Å². The first-order valence-electron chi connectivity index (χ1n) is 8.87. The Hall–Kier alpha value is -2.69. The van der Waals surface area contributed by atoms with E-state index in [1.54, 1.807) is 36.2 Å². The van der Waals surface area contributed by atoms with Crippen LogP contribution in [0.2, 0.25) is 0 Å². The van der Waals surface area contributed by atoms with Gasteiger partial charge in [-0.3, -0.25) is 14.6 Å². The number of likely N-dealkylation sites (N-methyl/N-ethyl adjacent to an activating group) is 1. The molecule has 1 heterocycles. The molecule has 138 valence electrons. The molecule has 0 radical (unpaired) electrons. The zero-order valence-corrected chi connectivity index (χ0v) is 16.0. The van der Waals surface area contributed by atoms with Crippen molar-refractivity contribution in [3.63, 3.8) is 0 Å². The number of benzene rings is 1. The van der Waals surface area contributed by atoms with Gasteiger partial charge < -0.3 is 9.80 Å². The molecule has 26 heavy (non-hydrogen) atoms. The molecule has 1 aromatic carbocycles. The fourth-order valence-electron chi connectivity index (χ4n) is 3.03. The number of hydrogen-bond acceptors (Lipinski definition) is 3. The van der Waals surface area contributed by atoms with Crippen molar-refractivity contribution in [2.75, 3.05) is 25.0 Å². The molecular weight excluding hydrogens is 326 g/mol. The van der Waals surface area contributed by atoms with E-state index in [-0.39, 0.29) is 11.8 Å². The predicted octanol–water partition coefficient (Wildman–Crippen LogP) is 3.14. The Balaban J connectivity index is 1.96. The lowest BCUT2D eigenvalue weighted by Crippen LogP contribution is -2.36. The molecule has 5 nitrogen and oxygen atoms in total. The maximum atomic E-state index is 12.5. The minimum atomic E-state index is -0.0466. The van der Waals surface area contributed by atoms with Crippen molar-refractivity contribution in [1.29, 1.82) is 0 Å². The maximum absolute atomic E-state index is 12.5. The summed E-state index contributed by atoms with van der Waals surface area (Å²) in [5, 5.41) is 0. The zero-order chi connectivity index (χ0) is 19.1. The average Bonchev–Trinajstić information content (AvgIpc) is 2.62. The van der Waals surface area contributed by atoms with Gasteiger partial charge in [-0.2, -0.15) is 0 Å². The second kappa shape index (κ2) is 9.13. The van der Waals surface area contributed by atoms with Crippen LogP contribution in [0.3, 0.4) is 0 Å². The molecule has 1 aromatic heterocycles. The Labute approximate surface area is 155 Å². The fraction of sp³-hybridized carbons (Fsp3) is 0.381. The highest BCUT2D eigenvalue weighted by Gasteiger charge is 2.18. The summed E-state index contributed by atoms with van der Waals surface area (Å²) in [6.45, 7) is 6.55. The molecule has 0 aliphatic carbocycles. The molecule has 0 bridgehead atoms. The predicted molar refractivity (Wildman–Crippen MR) is 104 cm³/mol. The summed E-state index contributed by atoms with van der Waals surface area (Å²) in [6, 6.07) is 9.86. The number of aromatic nitrogens is 1. The summed E-state index contributed by atoms with van der Waals surface area (Å²) >= 11 is 0. The van der Waals surface area contributed by atoms with E-state index in [0.717, 1.165) is 28.8 Å². The number of anilines is 1. The number of amides is 2. The minimum absolute atomic E-state index is 0.0385. The number of carbonyl (C=O) groups excluding carboxylic acids is 2. The van der Waals surface area contributed by atoms with Gasteiger partial charge in [0.05, 0.1) is 0 Å². The highest BCUT2D eigenvalue weighted by molar-refractivity contribution is 5.94. The number of carbonyl (C=O) groups is 2. The number of nitrogens with zero attached hydrogens (tertiary/aromatic N) is 3. The fourth-order valence-corrected chi connectivity index (χ4v) is 3.03. The molecule has 0 saturated heterocycles. The lowest BCUT2D eigenvalue weighted by Gasteiger charge is -2.26. The van der Waals surface area contributed by atoms with E-state index in [4.69, 9.17) is 0 Å². The summed E-state index contributed by atoms with van der Waals surface area (Å²) in [4.78, 5) is 32.0. The first-order chi connectivity index (χ1) is 12.4. The largest absolute Gasteiger partial charge is 0.345 e. The standard InChI is InChI=1S/C21H27N3O2/c1-16-6-5-7-17(2)21(16)24(18(3)25)15-11-20(26)23(4)14-10-19-8-12-22-13-9-19/h5-9,12-13H,10-11,14-15H2,1-4H3. The Morgan fingerprint density at radius 3 is 2.19 bits per heavy atom. The van der Waals surface area contributed by atoms with E-state index in [1.165, 1.54) is 0 Å². The molecule has 0 unspecified atom stereocenters. The van der Waals surface area contributed by atoms with Crippen molar-refractivity contribution in [2.45, 2.75) is 33.6 Å². The SMILES string of the molecule is CC(=O)N(CCC(=O)N(C)CCc1ccncc1)c1c(C)cccc1C. The molecule has 0 aliphatic heterocycles. The van der Waals surface area contributed by atoms with Crippen molar-refractivity contribution in [1.82, 2.24) is 9.88 Å². The van der Waals surface area contributed by atoms with E-state index < -0.39 is 0 Å². The molecule has 0 atom stereocenters. The second-order valence-electron chi connectivity index (χ2n) is 6.58. The van der Waals surface area contributed by atoms with Gasteiger partial charge in [0, 0.05) is 51.6 Å². The van der Waals surface area contributed by atoms with Crippen LogP contribution in [0, 0.1) is 13.8 Å². The molecule has 2 amide bonds. The quantitative estimate of drug-likeness (QED) is 0.768. The van der Waals surface area contributed by atoms with Gasteiger partial charge in [0.1, 0.15) is 0 Å². The van der Waals surface area contributed by atoms with Crippen LogP contribution in [-0.2, 0) is 16.0 Å². The highest BCUT2D eigenvalue weighted by Crippen LogP contribution is 2.25. The summed E-state index contributed by atoms with van der Waals surface area (Å²) in [6.07, 6.45) is 4.61. The molecule has 0 spiro atoms. The normalized spacial score (nSPS) is 10.5. The lowest BCUT2D eigenvalue weighted by atomic mass is 10.1. The van der Waals surface area contributed by atoms with Crippen LogP contribution in [0.4, 0.5) is 5.69 Å². The Kier molecular flexibility index (Phi) is 6.89. The summed E-state index contributed by atoms with van der Waals surface area (Å²) in [5.41, 5.74) is 4.14. The van der Waals surface area contributed by atoms with Crippen LogP contribution in [0.15, 0.2) is 42.7 Å². The van der Waals surface area contributed by atoms with E-state index in [1.807, 2.05) is 44.2 Å². The van der Waals surface area contributed by atoms with Gasteiger partial charge in [-0.05, 0) is 49.1 Å². The van der Waals surface area contributed by atoms with Crippen LogP contribution >= 0.6 is 0 Å². The van der Waals surface area contributed by atoms with Crippen molar-refractivity contribution in [3.05, 3.63) is 59.4 Å². The third-order valence-corrected chi connectivity index (χ3v) is 4.55. The minimum Gasteiger partial charge on any atom is -0.345 e. The van der Waals surface area contributed by atoms with Gasteiger partial charge in [0.25, 0.3) is 0 Å². The Morgan fingerprint density at radius 1 is 1.00 bits per heavy atom. The van der Waals surface area contributed by atoms with Crippen LogP contribution in [-0.4, -0.2) is 41.8 Å². The maximum Gasteiger partial charge on any atom is 0.224 e. The summed E-state index contributed by atoms with van der Waals surface area (Å²) in [7, 11) is 1.81. The van der Waals surface area contributed by atoms with Crippen molar-refractivity contribution >= 4 is 17.5 Å². The summed E-state index contributed by atoms with van der Waals surface area (Å²) < 4.78 is 0. The third kappa shape index (κ3) is 5.15. The zero-order valence-electron chi connectivity index (χ0n) is 16.0. The highest BCUT2D eigenvalue weighted by atomic mass is 16.2. The number of hydrogen-bond donors (Lipinski definition) is 0. The number of para-hydroxylation sites is 1. The van der Waals surface area contributed by atoms with E-state index in [9.17, 15) is 9.59 Å². The van der Waals surface area contributed by atoms with Crippen molar-refractivity contribution in [2.24, 2.45) is 0 Å². The van der Waals surface area contributed by atoms with Gasteiger partial charge in [-0.1, -0.05) is 18.2 Å². The number of pyridine rings is 1. The van der Waals surface area contributed by atoms with Crippen LogP contribution in [0.5, 0.6) is 0 Å². The second-order valence-corrected chi connectivity index (χ2v) is 6.58. The molecule has 5 heteroatoms. The number of rotatable bonds is 7. The van der Waals surface area contributed by atoms with Gasteiger partial charge in [-0.25, -0.2) is 0 Å². The molecule has 2 rings (SSSR count). The average molecular weight is 353 g/mol. The van der Waals surface area contributed by atoms with Gasteiger partial charge in [0.15, 0.2) is 0 Å². The van der Waals surface area contributed by atoms with Crippen LogP contribution < -0.4 is 4.90 Å². The first kappa shape index (κ1) is 19.6. The smallest absolute Gasteiger partial charge is 0.224 e. The van der Waals surface area contributed by atoms with E-state index >= 15 is 0 Å². The van der Waals surface area contributed by atoms with Crippen molar-refractivity contribution in [3.8, 4) is 0 Å². The Bertz CT molecular complexity index is 739. The topological polar surface area (TPSA) is 53.5 Å². The molecule has 0 N–H and O–H groups in total. The third-order valence-electron chi connectivity index (χ3n) is 4.55. The molecule has 0 saturated carbocycles. The first-order valence-corrected chi connectivity index (χ1v) is 8.87. The van der Waals surface area contributed by atoms with Crippen molar-refractivity contribution < 1.29 is 9.59 Å². The molecule has 0 aliphatic rings. The van der Waals surface area contributed by atoms with Gasteiger partial charge in [-0.15, -0.1) is 0 Å². The molecule has 0 fully saturated rings. The number of aryl methyl sites for hydroxylation is 2. The van der Waals surface area contributed by atoms with Gasteiger partial charge >= 0.3 is 0 Å². The lowest BCUT2D eigenvalue weighted by molar-refractivity contribution is -0.129. The van der Waals surface area contributed by atoms with E-state index in [2.05, 4.69) is 4.98 Å². The molecule has 2 aromatic rings. The Morgan fingerprint density at radius 2 is 1.62 bits per heavy atom.